The molecule has 112 valence electrons. The van der Waals surface area contributed by atoms with Crippen LogP contribution in [0, 0.1) is 0 Å². The minimum Gasteiger partial charge on any atom is -0.477 e. The largest absolute Gasteiger partial charge is 0.477 e. The Bertz CT molecular complexity index is 1010. The molecule has 0 fully saturated rings. The number of fused-ring (bicyclic) bond motifs is 1. The summed E-state index contributed by atoms with van der Waals surface area (Å²) in [5, 5.41) is 16.7. The first kappa shape index (κ1) is 13.6. The van der Waals surface area contributed by atoms with Gasteiger partial charge in [0.15, 0.2) is 0 Å². The van der Waals surface area contributed by atoms with Crippen LogP contribution in [0.15, 0.2) is 49.1 Å². The zero-order valence-corrected chi connectivity index (χ0v) is 12.5. The third-order valence-electron chi connectivity index (χ3n) is 3.52. The standard InChI is InChI=1S/C16H10N4O2S/c21-16(22)14-4-3-13(23-14)15-11-5-9(10-6-19-20-7-10)1-2-12(11)17-8-18-15/h1-8H,(H,19,20)(H,21,22). The fraction of sp³-hybridized carbons (Fsp3) is 0. The number of rotatable bonds is 3. The van der Waals surface area contributed by atoms with E-state index < -0.39 is 5.97 Å². The highest BCUT2D eigenvalue weighted by Crippen LogP contribution is 2.33. The molecule has 0 aliphatic carbocycles. The first-order valence-corrected chi connectivity index (χ1v) is 7.61. The summed E-state index contributed by atoms with van der Waals surface area (Å²) < 4.78 is 0. The molecule has 0 atom stereocenters. The Kier molecular flexibility index (Phi) is 3.13. The van der Waals surface area contributed by atoms with Crippen LogP contribution < -0.4 is 0 Å². The van der Waals surface area contributed by atoms with E-state index in [0.717, 1.165) is 32.6 Å². The second kappa shape index (κ2) is 5.29. The van der Waals surface area contributed by atoms with Gasteiger partial charge in [0.2, 0.25) is 0 Å². The highest BCUT2D eigenvalue weighted by Gasteiger charge is 2.13. The summed E-state index contributed by atoms with van der Waals surface area (Å²) in [4.78, 5) is 20.8. The Morgan fingerprint density at radius 3 is 2.78 bits per heavy atom. The fourth-order valence-electron chi connectivity index (χ4n) is 2.42. The summed E-state index contributed by atoms with van der Waals surface area (Å²) in [5.74, 6) is -0.932. The number of nitrogens with one attached hydrogen (secondary N) is 1. The molecule has 0 aliphatic heterocycles. The van der Waals surface area contributed by atoms with Gasteiger partial charge in [0.25, 0.3) is 0 Å². The van der Waals surface area contributed by atoms with Gasteiger partial charge >= 0.3 is 5.97 Å². The van der Waals surface area contributed by atoms with E-state index in [-0.39, 0.29) is 4.88 Å². The van der Waals surface area contributed by atoms with Gasteiger partial charge in [-0.05, 0) is 29.8 Å². The molecule has 0 unspecified atom stereocenters. The van der Waals surface area contributed by atoms with Gasteiger partial charge in [-0.25, -0.2) is 14.8 Å². The maximum atomic E-state index is 11.1. The van der Waals surface area contributed by atoms with Crippen LogP contribution in [-0.2, 0) is 0 Å². The summed E-state index contributed by atoms with van der Waals surface area (Å²) in [7, 11) is 0. The lowest BCUT2D eigenvalue weighted by atomic mass is 10.0. The van der Waals surface area contributed by atoms with Gasteiger partial charge in [-0.15, -0.1) is 11.3 Å². The Morgan fingerprint density at radius 2 is 2.04 bits per heavy atom. The van der Waals surface area contributed by atoms with Gasteiger partial charge in [0.05, 0.1) is 22.3 Å². The normalized spacial score (nSPS) is 11.0. The number of nitrogens with zero attached hydrogens (tertiary/aromatic N) is 3. The van der Waals surface area contributed by atoms with Crippen molar-refractivity contribution in [1.82, 2.24) is 20.2 Å². The van der Waals surface area contributed by atoms with Crippen LogP contribution in [0.1, 0.15) is 9.67 Å². The number of carbonyl (C=O) groups is 1. The Morgan fingerprint density at radius 1 is 1.13 bits per heavy atom. The minimum absolute atomic E-state index is 0.290. The van der Waals surface area contributed by atoms with Gasteiger partial charge in [0.1, 0.15) is 11.2 Å². The van der Waals surface area contributed by atoms with E-state index in [1.54, 1.807) is 18.3 Å². The van der Waals surface area contributed by atoms with E-state index in [2.05, 4.69) is 20.2 Å². The van der Waals surface area contributed by atoms with Gasteiger partial charge in [-0.3, -0.25) is 5.10 Å². The molecule has 0 saturated carbocycles. The number of benzene rings is 1. The second-order valence-corrected chi connectivity index (χ2v) is 5.99. The molecular weight excluding hydrogens is 312 g/mol. The molecule has 0 spiro atoms. The van der Waals surface area contributed by atoms with E-state index in [9.17, 15) is 4.79 Å². The topological polar surface area (TPSA) is 91.8 Å². The van der Waals surface area contributed by atoms with Crippen molar-refractivity contribution >= 4 is 28.2 Å². The monoisotopic (exact) mass is 322 g/mol. The lowest BCUT2D eigenvalue weighted by molar-refractivity contribution is 0.0702. The van der Waals surface area contributed by atoms with E-state index >= 15 is 0 Å². The summed E-state index contributed by atoms with van der Waals surface area (Å²) in [6, 6.07) is 9.27. The van der Waals surface area contributed by atoms with Crippen molar-refractivity contribution < 1.29 is 9.90 Å². The third-order valence-corrected chi connectivity index (χ3v) is 4.60. The summed E-state index contributed by atoms with van der Waals surface area (Å²) >= 11 is 1.20. The molecule has 7 heteroatoms. The number of carboxylic acids is 1. The van der Waals surface area contributed by atoms with E-state index in [0.29, 0.717) is 0 Å². The van der Waals surface area contributed by atoms with Crippen molar-refractivity contribution in [1.29, 1.82) is 0 Å². The molecule has 3 aromatic heterocycles. The quantitative estimate of drug-likeness (QED) is 0.603. The van der Waals surface area contributed by atoms with Gasteiger partial charge in [0, 0.05) is 17.1 Å². The van der Waals surface area contributed by atoms with Crippen molar-refractivity contribution in [3.63, 3.8) is 0 Å². The highest BCUT2D eigenvalue weighted by molar-refractivity contribution is 7.17. The van der Waals surface area contributed by atoms with Crippen LogP contribution in [0.5, 0.6) is 0 Å². The van der Waals surface area contributed by atoms with Crippen LogP contribution in [0.2, 0.25) is 0 Å². The number of H-pyrrole nitrogens is 1. The van der Waals surface area contributed by atoms with Crippen molar-refractivity contribution in [2.45, 2.75) is 0 Å². The fourth-order valence-corrected chi connectivity index (χ4v) is 3.28. The predicted molar refractivity (Wildman–Crippen MR) is 87.4 cm³/mol. The summed E-state index contributed by atoms with van der Waals surface area (Å²) in [6.07, 6.45) is 5.06. The van der Waals surface area contributed by atoms with Gasteiger partial charge in [-0.1, -0.05) is 6.07 Å². The molecule has 6 nitrogen and oxygen atoms in total. The highest BCUT2D eigenvalue weighted by atomic mass is 32.1. The molecule has 0 saturated heterocycles. The van der Waals surface area contributed by atoms with Crippen molar-refractivity contribution in [2.75, 3.05) is 0 Å². The number of aromatic nitrogens is 4. The molecule has 0 bridgehead atoms. The maximum absolute atomic E-state index is 11.1. The SMILES string of the molecule is O=C(O)c1ccc(-c2ncnc3ccc(-c4cn[nH]c4)cc23)s1. The maximum Gasteiger partial charge on any atom is 0.345 e. The number of hydrogen-bond acceptors (Lipinski definition) is 5. The lowest BCUT2D eigenvalue weighted by Gasteiger charge is -2.05. The molecule has 4 aromatic rings. The first-order chi connectivity index (χ1) is 11.2. The van der Waals surface area contributed by atoms with Gasteiger partial charge < -0.3 is 5.11 Å². The second-order valence-electron chi connectivity index (χ2n) is 4.91. The van der Waals surface area contributed by atoms with Crippen LogP contribution in [-0.4, -0.2) is 31.2 Å². The third kappa shape index (κ3) is 2.36. The predicted octanol–water partition coefficient (Wildman–Crippen LogP) is 3.45. The van der Waals surface area contributed by atoms with Crippen LogP contribution in [0.25, 0.3) is 32.6 Å². The van der Waals surface area contributed by atoms with Crippen molar-refractivity contribution in [2.24, 2.45) is 0 Å². The first-order valence-electron chi connectivity index (χ1n) is 6.80. The van der Waals surface area contributed by atoms with Crippen molar-refractivity contribution in [3.8, 4) is 21.7 Å². The van der Waals surface area contributed by atoms with E-state index in [4.69, 9.17) is 5.11 Å². The number of hydrogen-bond donors (Lipinski definition) is 2. The Hall–Kier alpha value is -3.06. The molecule has 0 amide bonds. The molecular formula is C16H10N4O2S. The minimum atomic E-state index is -0.932. The smallest absolute Gasteiger partial charge is 0.345 e. The Balaban J connectivity index is 1.91. The average molecular weight is 322 g/mol. The van der Waals surface area contributed by atoms with Crippen LogP contribution in [0.4, 0.5) is 0 Å². The molecule has 3 heterocycles. The summed E-state index contributed by atoms with van der Waals surface area (Å²) in [5.41, 5.74) is 3.52. The molecule has 4 rings (SSSR count). The summed E-state index contributed by atoms with van der Waals surface area (Å²) in [6.45, 7) is 0. The Labute approximate surface area is 134 Å². The molecule has 23 heavy (non-hydrogen) atoms. The average Bonchev–Trinajstić information content (AvgIpc) is 3.25. The number of thiophene rings is 1. The molecule has 0 aliphatic rings. The number of carboxylic acid groups (broad SMARTS) is 1. The number of aromatic amines is 1. The zero-order valence-electron chi connectivity index (χ0n) is 11.7. The molecule has 1 aromatic carbocycles. The van der Waals surface area contributed by atoms with Crippen molar-refractivity contribution in [3.05, 3.63) is 53.9 Å². The molecule has 2 N–H and O–H groups in total. The molecule has 0 radical (unpaired) electrons. The zero-order chi connectivity index (χ0) is 15.8. The van der Waals surface area contributed by atoms with E-state index in [1.807, 2.05) is 24.4 Å². The lowest BCUT2D eigenvalue weighted by Crippen LogP contribution is -1.90. The van der Waals surface area contributed by atoms with E-state index in [1.165, 1.54) is 17.7 Å². The van der Waals surface area contributed by atoms with Crippen LogP contribution >= 0.6 is 11.3 Å². The van der Waals surface area contributed by atoms with Gasteiger partial charge in [-0.2, -0.15) is 5.10 Å². The van der Waals surface area contributed by atoms with Crippen LogP contribution in [0.3, 0.4) is 0 Å². The number of aromatic carboxylic acids is 1.